The number of likely N-dealkylation sites (tertiary alicyclic amines) is 1. The lowest BCUT2D eigenvalue weighted by atomic mass is 9.63. The first-order valence-corrected chi connectivity index (χ1v) is 12.4. The molecule has 3 atom stereocenters. The summed E-state index contributed by atoms with van der Waals surface area (Å²) in [7, 11) is 5.26. The van der Waals surface area contributed by atoms with Gasteiger partial charge < -0.3 is 24.8 Å². The standard InChI is InChI=1S/C25H28F4N2O3.C2HF3O2/c1-31-13-17-10-18(30-23(32)19-6-4-16(11-20(19)26)25(27,28)29)8-9-24(17,14-31)15-5-7-21(33-2)22(12-15)34-3;3-2(4,5)1(6)7/h4-7,11-12,17-18H,8-10,13-14H2,1-3H3,(H,30,32);(H,6,7). The zero-order valence-corrected chi connectivity index (χ0v) is 22.3. The summed E-state index contributed by atoms with van der Waals surface area (Å²) in [5.41, 5.74) is -0.464. The molecule has 1 aliphatic heterocycles. The Hall–Kier alpha value is -3.55. The number of ether oxygens (including phenoxy) is 2. The van der Waals surface area contributed by atoms with E-state index in [4.69, 9.17) is 19.4 Å². The van der Waals surface area contributed by atoms with Crippen LogP contribution in [0.25, 0.3) is 0 Å². The number of carbonyl (C=O) groups is 2. The van der Waals surface area contributed by atoms with Crippen molar-refractivity contribution < 1.29 is 54.9 Å². The minimum Gasteiger partial charge on any atom is -0.493 e. The molecule has 2 aromatic rings. The topological polar surface area (TPSA) is 88.1 Å². The Morgan fingerprint density at radius 3 is 2.20 bits per heavy atom. The van der Waals surface area contributed by atoms with Crippen LogP contribution in [0.15, 0.2) is 36.4 Å². The average molecular weight is 595 g/mol. The number of aliphatic carboxylic acids is 1. The minimum absolute atomic E-state index is 0.116. The molecule has 2 aromatic carbocycles. The summed E-state index contributed by atoms with van der Waals surface area (Å²) in [6.45, 7) is 1.71. The number of alkyl halides is 6. The number of halogens is 7. The number of hydrogen-bond acceptors (Lipinski definition) is 5. The molecule has 226 valence electrons. The first-order chi connectivity index (χ1) is 19.0. The van der Waals surface area contributed by atoms with Crippen LogP contribution in [0.4, 0.5) is 30.7 Å². The van der Waals surface area contributed by atoms with Gasteiger partial charge in [0.05, 0.1) is 25.3 Å². The highest BCUT2D eigenvalue weighted by Crippen LogP contribution is 2.49. The van der Waals surface area contributed by atoms with Gasteiger partial charge in [-0.3, -0.25) is 4.79 Å². The summed E-state index contributed by atoms with van der Waals surface area (Å²) in [5.74, 6) is -3.06. The second-order valence-electron chi connectivity index (χ2n) is 10.1. The Bertz CT molecular complexity index is 1270. The van der Waals surface area contributed by atoms with Gasteiger partial charge in [0.15, 0.2) is 11.5 Å². The number of benzene rings is 2. The van der Waals surface area contributed by atoms with Crippen molar-refractivity contribution in [2.75, 3.05) is 34.4 Å². The zero-order chi connectivity index (χ0) is 30.8. The summed E-state index contributed by atoms with van der Waals surface area (Å²) in [5, 5.41) is 9.97. The lowest BCUT2D eigenvalue weighted by molar-refractivity contribution is -0.192. The van der Waals surface area contributed by atoms with Gasteiger partial charge in [0.1, 0.15) is 5.82 Å². The SMILES string of the molecule is COc1ccc(C23CCC(NC(=O)c4ccc(C(F)(F)F)cc4F)CC2CN(C)C3)cc1OC.O=C(O)C(F)(F)F. The molecule has 7 nitrogen and oxygen atoms in total. The molecule has 2 fully saturated rings. The van der Waals surface area contributed by atoms with E-state index >= 15 is 0 Å². The average Bonchev–Trinajstić information content (AvgIpc) is 3.23. The fourth-order valence-electron chi connectivity index (χ4n) is 5.59. The lowest BCUT2D eigenvalue weighted by Crippen LogP contribution is -2.47. The Morgan fingerprint density at radius 1 is 1.02 bits per heavy atom. The van der Waals surface area contributed by atoms with Crippen LogP contribution in [0.5, 0.6) is 11.5 Å². The smallest absolute Gasteiger partial charge is 0.490 e. The number of rotatable bonds is 5. The molecule has 0 aromatic heterocycles. The van der Waals surface area contributed by atoms with Crippen LogP contribution >= 0.6 is 0 Å². The molecule has 0 radical (unpaired) electrons. The highest BCUT2D eigenvalue weighted by atomic mass is 19.4. The lowest BCUT2D eigenvalue weighted by Gasteiger charge is -2.43. The first-order valence-electron chi connectivity index (χ1n) is 12.4. The summed E-state index contributed by atoms with van der Waals surface area (Å²) >= 11 is 0. The van der Waals surface area contributed by atoms with Gasteiger partial charge >= 0.3 is 18.3 Å². The van der Waals surface area contributed by atoms with E-state index < -0.39 is 35.6 Å². The predicted octanol–water partition coefficient (Wildman–Crippen LogP) is 5.28. The number of carboxylic acid groups (broad SMARTS) is 1. The van der Waals surface area contributed by atoms with E-state index in [0.717, 1.165) is 37.2 Å². The van der Waals surface area contributed by atoms with E-state index in [1.165, 1.54) is 0 Å². The Kier molecular flexibility index (Phi) is 9.46. The maximum absolute atomic E-state index is 14.3. The van der Waals surface area contributed by atoms with Gasteiger partial charge in [-0.05, 0) is 68.1 Å². The van der Waals surface area contributed by atoms with Gasteiger partial charge in [-0.25, -0.2) is 9.18 Å². The highest BCUT2D eigenvalue weighted by Gasteiger charge is 2.50. The zero-order valence-electron chi connectivity index (χ0n) is 22.3. The van der Waals surface area contributed by atoms with Gasteiger partial charge in [0, 0.05) is 24.5 Å². The molecule has 2 N–H and O–H groups in total. The Morgan fingerprint density at radius 2 is 1.66 bits per heavy atom. The molecule has 1 heterocycles. The molecular weight excluding hydrogens is 565 g/mol. The van der Waals surface area contributed by atoms with Crippen LogP contribution < -0.4 is 14.8 Å². The van der Waals surface area contributed by atoms with Crippen molar-refractivity contribution in [3.63, 3.8) is 0 Å². The number of carboxylic acids is 1. The number of carbonyl (C=O) groups excluding carboxylic acids is 1. The largest absolute Gasteiger partial charge is 0.493 e. The van der Waals surface area contributed by atoms with Gasteiger partial charge in [-0.15, -0.1) is 0 Å². The second-order valence-corrected chi connectivity index (χ2v) is 10.1. The Labute approximate surface area is 231 Å². The van der Waals surface area contributed by atoms with Crippen LogP contribution in [-0.4, -0.2) is 68.5 Å². The summed E-state index contributed by atoms with van der Waals surface area (Å²) in [6, 6.07) is 7.77. The molecule has 14 heteroatoms. The van der Waals surface area contributed by atoms with E-state index in [1.807, 2.05) is 12.1 Å². The van der Waals surface area contributed by atoms with E-state index in [1.54, 1.807) is 14.2 Å². The quantitative estimate of drug-likeness (QED) is 0.459. The van der Waals surface area contributed by atoms with Crippen LogP contribution in [-0.2, 0) is 16.4 Å². The normalized spacial score (nSPS) is 22.7. The van der Waals surface area contributed by atoms with Gasteiger partial charge in [0.2, 0.25) is 0 Å². The second kappa shape index (κ2) is 12.1. The van der Waals surface area contributed by atoms with Crippen molar-refractivity contribution in [1.29, 1.82) is 0 Å². The van der Waals surface area contributed by atoms with Gasteiger partial charge in [-0.2, -0.15) is 26.3 Å². The van der Waals surface area contributed by atoms with Crippen LogP contribution in [0.1, 0.15) is 40.7 Å². The molecular formula is C27H29F7N2O5. The summed E-state index contributed by atoms with van der Waals surface area (Å²) < 4.78 is 95.3. The summed E-state index contributed by atoms with van der Waals surface area (Å²) in [4.78, 5) is 23.8. The number of fused-ring (bicyclic) bond motifs is 1. The predicted molar refractivity (Wildman–Crippen MR) is 132 cm³/mol. The van der Waals surface area contributed by atoms with Crippen molar-refractivity contribution in [3.8, 4) is 11.5 Å². The fourth-order valence-corrected chi connectivity index (χ4v) is 5.59. The number of methoxy groups -OCH3 is 2. The van der Waals surface area contributed by atoms with Crippen LogP contribution in [0.2, 0.25) is 0 Å². The maximum atomic E-state index is 14.3. The molecule has 1 amide bonds. The number of nitrogens with zero attached hydrogens (tertiary/aromatic N) is 1. The minimum atomic E-state index is -5.08. The van der Waals surface area contributed by atoms with Crippen molar-refractivity contribution >= 4 is 11.9 Å². The van der Waals surface area contributed by atoms with Crippen LogP contribution in [0, 0.1) is 11.7 Å². The van der Waals surface area contributed by atoms with Crippen molar-refractivity contribution in [2.45, 2.75) is 43.1 Å². The number of amides is 1. The van der Waals surface area contributed by atoms with Crippen LogP contribution in [0.3, 0.4) is 0 Å². The Balaban J connectivity index is 0.000000587. The van der Waals surface area contributed by atoms with E-state index in [9.17, 15) is 35.5 Å². The van der Waals surface area contributed by atoms with E-state index in [2.05, 4.69) is 23.3 Å². The molecule has 1 saturated carbocycles. The van der Waals surface area contributed by atoms with E-state index in [0.29, 0.717) is 30.4 Å². The third-order valence-corrected chi connectivity index (χ3v) is 7.45. The first kappa shape index (κ1) is 32.0. The summed E-state index contributed by atoms with van der Waals surface area (Å²) in [6.07, 6.45) is -7.58. The van der Waals surface area contributed by atoms with E-state index in [-0.39, 0.29) is 22.9 Å². The third kappa shape index (κ3) is 7.21. The highest BCUT2D eigenvalue weighted by molar-refractivity contribution is 5.94. The number of nitrogens with one attached hydrogen (secondary N) is 1. The monoisotopic (exact) mass is 594 g/mol. The van der Waals surface area contributed by atoms with Crippen molar-refractivity contribution in [3.05, 3.63) is 58.9 Å². The molecule has 1 saturated heterocycles. The molecule has 3 unspecified atom stereocenters. The van der Waals surface area contributed by atoms with Gasteiger partial charge in [-0.1, -0.05) is 6.07 Å². The molecule has 1 aliphatic carbocycles. The number of hydrogen-bond donors (Lipinski definition) is 2. The van der Waals surface area contributed by atoms with Crippen molar-refractivity contribution in [2.24, 2.45) is 5.92 Å². The number of likely N-dealkylation sites (N-methyl/N-ethyl adjacent to an activating group) is 1. The molecule has 0 spiro atoms. The molecule has 2 aliphatic rings. The van der Waals surface area contributed by atoms with Gasteiger partial charge in [0.25, 0.3) is 5.91 Å². The maximum Gasteiger partial charge on any atom is 0.490 e. The molecule has 0 bridgehead atoms. The third-order valence-electron chi connectivity index (χ3n) is 7.45. The van der Waals surface area contributed by atoms with Crippen molar-refractivity contribution in [1.82, 2.24) is 10.2 Å². The molecule has 4 rings (SSSR count). The fraction of sp³-hybridized carbons (Fsp3) is 0.481. The molecule has 41 heavy (non-hydrogen) atoms.